The van der Waals surface area contributed by atoms with Gasteiger partial charge < -0.3 is 19.8 Å². The summed E-state index contributed by atoms with van der Waals surface area (Å²) in [6.07, 6.45) is 5.82. The largest absolute Gasteiger partial charge is 0.493 e. The van der Waals surface area contributed by atoms with E-state index in [0.29, 0.717) is 0 Å². The molecule has 1 aliphatic rings. The SMILES string of the molecule is COc1cc2c(cc1OC)C(Cc1c[nH]c3ccccc13)N(CNc1ccccn1)CC2. The highest BCUT2D eigenvalue weighted by atomic mass is 16.5. The lowest BCUT2D eigenvalue weighted by atomic mass is 9.88. The van der Waals surface area contributed by atoms with Gasteiger partial charge in [-0.25, -0.2) is 4.98 Å². The van der Waals surface area contributed by atoms with Gasteiger partial charge in [-0.05, 0) is 59.9 Å². The van der Waals surface area contributed by atoms with Gasteiger partial charge >= 0.3 is 0 Å². The van der Waals surface area contributed by atoms with Gasteiger partial charge in [0.25, 0.3) is 0 Å². The first-order valence-electron chi connectivity index (χ1n) is 11.0. The molecule has 0 bridgehead atoms. The predicted octanol–water partition coefficient (Wildman–Crippen LogP) is 4.79. The molecule has 164 valence electrons. The Balaban J connectivity index is 1.50. The fourth-order valence-electron chi connectivity index (χ4n) is 4.67. The smallest absolute Gasteiger partial charge is 0.161 e. The summed E-state index contributed by atoms with van der Waals surface area (Å²) in [6.45, 7) is 1.67. The summed E-state index contributed by atoms with van der Waals surface area (Å²) in [5.41, 5.74) is 5.10. The van der Waals surface area contributed by atoms with Crippen LogP contribution in [0.2, 0.25) is 0 Å². The predicted molar refractivity (Wildman–Crippen MR) is 127 cm³/mol. The third-order valence-electron chi connectivity index (χ3n) is 6.33. The molecule has 6 heteroatoms. The number of anilines is 1. The Hall–Kier alpha value is -3.51. The van der Waals surface area contributed by atoms with E-state index in [1.165, 1.54) is 27.6 Å². The minimum absolute atomic E-state index is 0.203. The molecule has 0 amide bonds. The molecule has 0 saturated carbocycles. The van der Waals surface area contributed by atoms with Crippen molar-refractivity contribution < 1.29 is 9.47 Å². The van der Waals surface area contributed by atoms with Crippen LogP contribution < -0.4 is 14.8 Å². The molecule has 0 fully saturated rings. The van der Waals surface area contributed by atoms with Gasteiger partial charge in [-0.1, -0.05) is 24.3 Å². The number of para-hydroxylation sites is 1. The number of ether oxygens (including phenoxy) is 2. The maximum absolute atomic E-state index is 5.65. The third kappa shape index (κ3) is 3.89. The zero-order valence-electron chi connectivity index (χ0n) is 18.5. The zero-order valence-corrected chi connectivity index (χ0v) is 18.5. The normalized spacial score (nSPS) is 16.0. The Morgan fingerprint density at radius 3 is 2.69 bits per heavy atom. The fraction of sp³-hybridized carbons (Fsp3) is 0.269. The van der Waals surface area contributed by atoms with E-state index in [1.54, 1.807) is 14.2 Å². The number of rotatable bonds is 7. The summed E-state index contributed by atoms with van der Waals surface area (Å²) >= 11 is 0. The number of benzene rings is 2. The van der Waals surface area contributed by atoms with E-state index in [9.17, 15) is 0 Å². The van der Waals surface area contributed by atoms with Crippen LogP contribution in [0, 0.1) is 0 Å². The second-order valence-electron chi connectivity index (χ2n) is 8.10. The van der Waals surface area contributed by atoms with Crippen LogP contribution in [0.1, 0.15) is 22.7 Å². The molecule has 1 unspecified atom stereocenters. The van der Waals surface area contributed by atoms with Crippen molar-refractivity contribution in [3.05, 3.63) is 83.7 Å². The Kier molecular flexibility index (Phi) is 5.69. The van der Waals surface area contributed by atoms with Crippen molar-refractivity contribution >= 4 is 16.7 Å². The van der Waals surface area contributed by atoms with Crippen LogP contribution in [0.3, 0.4) is 0 Å². The Morgan fingerprint density at radius 2 is 1.88 bits per heavy atom. The van der Waals surface area contributed by atoms with Crippen molar-refractivity contribution in [1.82, 2.24) is 14.9 Å². The topological polar surface area (TPSA) is 62.4 Å². The lowest BCUT2D eigenvalue weighted by molar-refractivity contribution is 0.196. The quantitative estimate of drug-likeness (QED) is 0.443. The number of methoxy groups -OCH3 is 2. The van der Waals surface area contributed by atoms with Crippen LogP contribution in [0.25, 0.3) is 10.9 Å². The van der Waals surface area contributed by atoms with Crippen molar-refractivity contribution in [3.63, 3.8) is 0 Å². The molecule has 32 heavy (non-hydrogen) atoms. The van der Waals surface area contributed by atoms with E-state index in [1.807, 2.05) is 24.4 Å². The number of nitrogens with one attached hydrogen (secondary N) is 2. The van der Waals surface area contributed by atoms with Crippen LogP contribution in [0.15, 0.2) is 67.0 Å². The van der Waals surface area contributed by atoms with Gasteiger partial charge in [0.2, 0.25) is 0 Å². The van der Waals surface area contributed by atoms with Crippen molar-refractivity contribution in [3.8, 4) is 11.5 Å². The van der Waals surface area contributed by atoms with Crippen LogP contribution in [0.5, 0.6) is 11.5 Å². The number of pyridine rings is 1. The fourth-order valence-corrected chi connectivity index (χ4v) is 4.67. The summed E-state index contributed by atoms with van der Waals surface area (Å²) in [7, 11) is 3.39. The summed E-state index contributed by atoms with van der Waals surface area (Å²) in [5, 5.41) is 4.77. The monoisotopic (exact) mass is 428 g/mol. The first-order valence-corrected chi connectivity index (χ1v) is 11.0. The van der Waals surface area contributed by atoms with Crippen molar-refractivity contribution in [2.75, 3.05) is 32.7 Å². The Morgan fingerprint density at radius 1 is 1.06 bits per heavy atom. The molecule has 0 aliphatic carbocycles. The molecular formula is C26H28N4O2. The molecule has 0 saturated heterocycles. The summed E-state index contributed by atoms with van der Waals surface area (Å²) in [6, 6.07) is 18.9. The van der Waals surface area contributed by atoms with Crippen molar-refractivity contribution in [1.29, 1.82) is 0 Å². The van der Waals surface area contributed by atoms with Gasteiger partial charge in [-0.15, -0.1) is 0 Å². The van der Waals surface area contributed by atoms with E-state index >= 15 is 0 Å². The third-order valence-corrected chi connectivity index (χ3v) is 6.33. The second-order valence-corrected chi connectivity index (χ2v) is 8.10. The first kappa shape index (κ1) is 20.4. The average molecular weight is 429 g/mol. The van der Waals surface area contributed by atoms with E-state index in [0.717, 1.165) is 43.4 Å². The van der Waals surface area contributed by atoms with Crippen molar-refractivity contribution in [2.24, 2.45) is 0 Å². The van der Waals surface area contributed by atoms with Crippen molar-refractivity contribution in [2.45, 2.75) is 18.9 Å². The number of aromatic nitrogens is 2. The van der Waals surface area contributed by atoms with E-state index in [2.05, 4.69) is 62.8 Å². The molecule has 5 rings (SSSR count). The lowest BCUT2D eigenvalue weighted by Gasteiger charge is -2.38. The van der Waals surface area contributed by atoms with E-state index in [-0.39, 0.29) is 6.04 Å². The van der Waals surface area contributed by atoms with Gasteiger partial charge in [-0.3, -0.25) is 4.90 Å². The number of hydrogen-bond acceptors (Lipinski definition) is 5. The zero-order chi connectivity index (χ0) is 21.9. The second kappa shape index (κ2) is 8.93. The van der Waals surface area contributed by atoms with Gasteiger partial charge in [0.15, 0.2) is 11.5 Å². The number of aromatic amines is 1. The highest BCUT2D eigenvalue weighted by Crippen LogP contribution is 2.40. The minimum atomic E-state index is 0.203. The molecular weight excluding hydrogens is 400 g/mol. The van der Waals surface area contributed by atoms with Crippen LogP contribution in [-0.4, -0.2) is 42.3 Å². The maximum atomic E-state index is 5.65. The average Bonchev–Trinajstić information content (AvgIpc) is 3.26. The Bertz CT molecular complexity index is 1210. The minimum Gasteiger partial charge on any atom is -0.493 e. The summed E-state index contributed by atoms with van der Waals surface area (Å²) in [4.78, 5) is 10.3. The lowest BCUT2D eigenvalue weighted by Crippen LogP contribution is -2.40. The maximum Gasteiger partial charge on any atom is 0.161 e. The standard InChI is InChI=1S/C26H28N4O2/c1-31-24-14-18-10-12-30(17-29-26-9-5-6-11-27-26)23(21(18)15-25(24)32-2)13-19-16-28-22-8-4-3-7-20(19)22/h3-9,11,14-16,23,28H,10,12-13,17H2,1-2H3,(H,27,29). The molecule has 4 aromatic rings. The number of H-pyrrole nitrogens is 1. The molecule has 0 spiro atoms. The Labute approximate surface area is 188 Å². The molecule has 2 aromatic carbocycles. The molecule has 1 aliphatic heterocycles. The van der Waals surface area contributed by atoms with Crippen LogP contribution >= 0.6 is 0 Å². The first-order chi connectivity index (χ1) is 15.8. The highest BCUT2D eigenvalue weighted by Gasteiger charge is 2.30. The van der Waals surface area contributed by atoms with E-state index in [4.69, 9.17) is 9.47 Å². The van der Waals surface area contributed by atoms with Crippen LogP contribution in [0.4, 0.5) is 5.82 Å². The molecule has 3 heterocycles. The highest BCUT2D eigenvalue weighted by molar-refractivity contribution is 5.83. The number of hydrogen-bond donors (Lipinski definition) is 2. The van der Waals surface area contributed by atoms with Gasteiger partial charge in [-0.2, -0.15) is 0 Å². The number of nitrogens with zero attached hydrogens (tertiary/aromatic N) is 2. The summed E-state index contributed by atoms with van der Waals surface area (Å²) < 4.78 is 11.2. The van der Waals surface area contributed by atoms with E-state index < -0.39 is 0 Å². The number of fused-ring (bicyclic) bond motifs is 2. The van der Waals surface area contributed by atoms with Crippen LogP contribution in [-0.2, 0) is 12.8 Å². The summed E-state index contributed by atoms with van der Waals surface area (Å²) in [5.74, 6) is 2.45. The molecule has 1 atom stereocenters. The van der Waals surface area contributed by atoms with Gasteiger partial charge in [0, 0.05) is 35.9 Å². The molecule has 0 radical (unpaired) electrons. The molecule has 6 nitrogen and oxygen atoms in total. The van der Waals surface area contributed by atoms with Gasteiger partial charge in [0.1, 0.15) is 5.82 Å². The molecule has 2 N–H and O–H groups in total. The molecule has 2 aromatic heterocycles. The van der Waals surface area contributed by atoms with Gasteiger partial charge in [0.05, 0.1) is 20.9 Å².